The third kappa shape index (κ3) is 6.08. The Kier molecular flexibility index (Phi) is 10.1. The first-order chi connectivity index (χ1) is 22.2. The van der Waals surface area contributed by atoms with Crippen molar-refractivity contribution in [3.63, 3.8) is 0 Å². The van der Waals surface area contributed by atoms with E-state index in [4.69, 9.17) is 0 Å². The van der Waals surface area contributed by atoms with Crippen LogP contribution >= 0.6 is 0 Å². The molecule has 266 valence electrons. The van der Waals surface area contributed by atoms with Gasteiger partial charge in [0.2, 0.25) is 0 Å². The average molecular weight is 653 g/mol. The van der Waals surface area contributed by atoms with Crippen LogP contribution in [0.3, 0.4) is 0 Å². The molecule has 10 unspecified atom stereocenters. The predicted octanol–water partition coefficient (Wildman–Crippen LogP) is 8.47. The molecule has 5 heteroatoms. The van der Waals surface area contributed by atoms with Crippen LogP contribution in [0.4, 0.5) is 0 Å². The van der Waals surface area contributed by atoms with Crippen LogP contribution in [0.1, 0.15) is 157 Å². The lowest BCUT2D eigenvalue weighted by molar-refractivity contribution is -0.160. The summed E-state index contributed by atoms with van der Waals surface area (Å²) >= 11 is 0. The summed E-state index contributed by atoms with van der Waals surface area (Å²) in [5.41, 5.74) is 2.64. The molecular formula is C42H68O5. The number of carbonyl (C=O) groups is 1. The summed E-state index contributed by atoms with van der Waals surface area (Å²) in [7, 11) is 0. The molecule has 6 aliphatic carbocycles. The second-order valence-electron chi connectivity index (χ2n) is 18.8. The molecule has 0 aromatic rings. The molecule has 0 aromatic carbocycles. The molecule has 6 aliphatic rings. The number of rotatable bonds is 9. The third-order valence-electron chi connectivity index (χ3n) is 15.6. The summed E-state index contributed by atoms with van der Waals surface area (Å²) in [6.45, 7) is 13.6. The molecule has 6 rings (SSSR count). The number of carbonyl (C=O) groups excluding carboxylic acids is 1. The van der Waals surface area contributed by atoms with Crippen molar-refractivity contribution in [3.05, 3.63) is 22.8 Å². The van der Waals surface area contributed by atoms with Crippen LogP contribution < -0.4 is 0 Å². The summed E-state index contributed by atoms with van der Waals surface area (Å²) in [6.07, 6.45) is 17.9. The Hall–Kier alpha value is -1.01. The molecule has 0 radical (unpaired) electrons. The summed E-state index contributed by atoms with van der Waals surface area (Å²) < 4.78 is 0. The first kappa shape index (κ1) is 35.8. The zero-order chi connectivity index (χ0) is 33.9. The van der Waals surface area contributed by atoms with Gasteiger partial charge in [0.15, 0.2) is 5.78 Å². The van der Waals surface area contributed by atoms with E-state index in [9.17, 15) is 25.2 Å². The van der Waals surface area contributed by atoms with Gasteiger partial charge in [0.1, 0.15) is 0 Å². The fraction of sp³-hybridized carbons (Fsp3) is 0.881. The number of allylic oxidation sites excluding steroid dienone is 2. The summed E-state index contributed by atoms with van der Waals surface area (Å²) in [5, 5.41) is 46.6. The van der Waals surface area contributed by atoms with Crippen molar-refractivity contribution in [2.75, 3.05) is 0 Å². The minimum Gasteiger partial charge on any atom is -0.393 e. The lowest BCUT2D eigenvalue weighted by Gasteiger charge is -2.61. The summed E-state index contributed by atoms with van der Waals surface area (Å²) in [4.78, 5) is 14.0. The van der Waals surface area contributed by atoms with Crippen molar-refractivity contribution >= 4 is 5.78 Å². The van der Waals surface area contributed by atoms with Gasteiger partial charge in [-0.25, -0.2) is 0 Å². The zero-order valence-electron chi connectivity index (χ0n) is 30.7. The number of fused-ring (bicyclic) bond motifs is 5. The molecule has 5 saturated carbocycles. The molecule has 5 fully saturated rings. The maximum atomic E-state index is 14.0. The second-order valence-corrected chi connectivity index (χ2v) is 18.8. The standard InChI is InChI=1S/C42H68O5/c1-26(2)11-9-18-41-25-38(46)37(45)23-34(41)36(44)22-33-32(41)13-19-39(6)31(14-20-42(33,39)47)28(5)35(43)21-30(27(3)4)29-12-10-17-40(24-29)15-7-8-16-40/h22,26-28,31-32,34-35,37-38,43,45-47H,7-21,23-25H2,1-6H3. The van der Waals surface area contributed by atoms with E-state index in [1.807, 2.05) is 0 Å². The maximum Gasteiger partial charge on any atom is 0.159 e. The topological polar surface area (TPSA) is 98.0 Å². The van der Waals surface area contributed by atoms with Gasteiger partial charge in [0.25, 0.3) is 0 Å². The quantitative estimate of drug-likeness (QED) is 0.187. The Morgan fingerprint density at radius 2 is 1.64 bits per heavy atom. The SMILES string of the molecule is CC(C)CCCC12CC(O)C(O)CC1C(=O)C=C1C2CCC2(C)C(C(C)C(O)CC(=C3CCCC4(CCCC4)C3)C(C)C)CCC12O. The molecular weight excluding hydrogens is 584 g/mol. The normalized spacial score (nSPS) is 42.3. The minimum absolute atomic E-state index is 0.0432. The molecule has 5 nitrogen and oxygen atoms in total. The van der Waals surface area contributed by atoms with Gasteiger partial charge in [0.05, 0.1) is 23.9 Å². The largest absolute Gasteiger partial charge is 0.393 e. The first-order valence-corrected chi connectivity index (χ1v) is 19.9. The molecule has 47 heavy (non-hydrogen) atoms. The van der Waals surface area contributed by atoms with Crippen LogP contribution in [0.15, 0.2) is 22.8 Å². The zero-order valence-corrected chi connectivity index (χ0v) is 30.7. The van der Waals surface area contributed by atoms with E-state index in [0.29, 0.717) is 36.5 Å². The molecule has 0 heterocycles. The van der Waals surface area contributed by atoms with Crippen LogP contribution in [-0.2, 0) is 4.79 Å². The molecule has 4 N–H and O–H groups in total. The highest BCUT2D eigenvalue weighted by molar-refractivity contribution is 5.95. The van der Waals surface area contributed by atoms with Gasteiger partial charge in [0, 0.05) is 11.3 Å². The summed E-state index contributed by atoms with van der Waals surface area (Å²) in [6, 6.07) is 0. The van der Waals surface area contributed by atoms with E-state index in [0.717, 1.165) is 50.5 Å². The van der Waals surface area contributed by atoms with Crippen LogP contribution in [0.25, 0.3) is 0 Å². The number of aliphatic hydroxyl groups excluding tert-OH is 3. The van der Waals surface area contributed by atoms with Gasteiger partial charge in [-0.2, -0.15) is 0 Å². The summed E-state index contributed by atoms with van der Waals surface area (Å²) in [5.74, 6) is 0.997. The Morgan fingerprint density at radius 3 is 2.32 bits per heavy atom. The highest BCUT2D eigenvalue weighted by Gasteiger charge is 2.68. The van der Waals surface area contributed by atoms with Gasteiger partial charge < -0.3 is 20.4 Å². The van der Waals surface area contributed by atoms with Gasteiger partial charge in [-0.3, -0.25) is 4.79 Å². The van der Waals surface area contributed by atoms with Gasteiger partial charge in [-0.15, -0.1) is 0 Å². The van der Waals surface area contributed by atoms with E-state index in [1.54, 1.807) is 11.6 Å². The molecule has 0 aromatic heterocycles. The fourth-order valence-corrected chi connectivity index (χ4v) is 12.9. The predicted molar refractivity (Wildman–Crippen MR) is 188 cm³/mol. The number of hydrogen-bond donors (Lipinski definition) is 4. The van der Waals surface area contributed by atoms with E-state index in [2.05, 4.69) is 41.5 Å². The molecule has 0 bridgehead atoms. The average Bonchev–Trinajstić information content (AvgIpc) is 3.57. The van der Waals surface area contributed by atoms with Crippen molar-refractivity contribution in [2.24, 2.45) is 51.8 Å². The van der Waals surface area contributed by atoms with E-state index in [-0.39, 0.29) is 29.5 Å². The van der Waals surface area contributed by atoms with Crippen LogP contribution in [0.5, 0.6) is 0 Å². The van der Waals surface area contributed by atoms with Gasteiger partial charge in [-0.05, 0) is 142 Å². The minimum atomic E-state index is -1.08. The highest BCUT2D eigenvalue weighted by Crippen LogP contribution is 2.69. The lowest BCUT2D eigenvalue weighted by atomic mass is 9.44. The van der Waals surface area contributed by atoms with Gasteiger partial charge in [-0.1, -0.05) is 78.4 Å². The smallest absolute Gasteiger partial charge is 0.159 e. The Labute approximate surface area is 286 Å². The van der Waals surface area contributed by atoms with E-state index >= 15 is 0 Å². The fourth-order valence-electron chi connectivity index (χ4n) is 12.9. The Bertz CT molecular complexity index is 1230. The van der Waals surface area contributed by atoms with Crippen LogP contribution in [0.2, 0.25) is 0 Å². The number of hydrogen-bond acceptors (Lipinski definition) is 5. The highest BCUT2D eigenvalue weighted by atomic mass is 16.3. The van der Waals surface area contributed by atoms with Crippen molar-refractivity contribution in [1.82, 2.24) is 0 Å². The number of aliphatic hydroxyl groups is 4. The van der Waals surface area contributed by atoms with Gasteiger partial charge >= 0.3 is 0 Å². The van der Waals surface area contributed by atoms with Crippen LogP contribution in [-0.4, -0.2) is 50.1 Å². The van der Waals surface area contributed by atoms with Crippen molar-refractivity contribution in [1.29, 1.82) is 0 Å². The Balaban J connectivity index is 1.26. The molecule has 0 amide bonds. The van der Waals surface area contributed by atoms with E-state index < -0.39 is 34.7 Å². The molecule has 10 atom stereocenters. The van der Waals surface area contributed by atoms with Crippen LogP contribution in [0, 0.1) is 51.8 Å². The third-order valence-corrected chi connectivity index (χ3v) is 15.6. The lowest BCUT2D eigenvalue weighted by Crippen LogP contribution is -2.61. The van der Waals surface area contributed by atoms with Crippen molar-refractivity contribution in [2.45, 2.75) is 181 Å². The maximum absolute atomic E-state index is 14.0. The first-order valence-electron chi connectivity index (χ1n) is 19.9. The molecule has 0 aliphatic heterocycles. The molecule has 0 saturated heterocycles. The second kappa shape index (κ2) is 13.3. The van der Waals surface area contributed by atoms with Crippen molar-refractivity contribution in [3.8, 4) is 0 Å². The van der Waals surface area contributed by atoms with E-state index in [1.165, 1.54) is 56.9 Å². The van der Waals surface area contributed by atoms with Crippen molar-refractivity contribution < 1.29 is 25.2 Å². The number of ketones is 1. The molecule has 1 spiro atoms. The Morgan fingerprint density at radius 1 is 0.936 bits per heavy atom. The monoisotopic (exact) mass is 653 g/mol.